The number of ether oxygens (including phenoxy) is 2. The van der Waals surface area contributed by atoms with Crippen LogP contribution in [-0.4, -0.2) is 46.3 Å². The number of methoxy groups -OCH3 is 2. The van der Waals surface area contributed by atoms with Crippen molar-refractivity contribution in [1.82, 2.24) is 9.97 Å². The van der Waals surface area contributed by atoms with Gasteiger partial charge in [0.05, 0.1) is 14.2 Å². The fraction of sp³-hybridized carbons (Fsp3) is 0.333. The molecule has 0 aliphatic carbocycles. The molecular weight excluding hydrogens is 587 g/mol. The fourth-order valence-electron chi connectivity index (χ4n) is 3.89. The highest BCUT2D eigenvalue weighted by Crippen LogP contribution is 2.33. The number of aromatic hydroxyl groups is 1. The Labute approximate surface area is 253 Å². The number of aliphatic carboxylic acids is 1. The number of hydrogen-bond acceptors (Lipinski definition) is 9. The molecule has 0 amide bonds. The minimum Gasteiger partial charge on any atom is -0.507 e. The van der Waals surface area contributed by atoms with Crippen LogP contribution in [0.4, 0.5) is 0 Å². The summed E-state index contributed by atoms with van der Waals surface area (Å²) in [6, 6.07) is 10.1. The van der Waals surface area contributed by atoms with Crippen molar-refractivity contribution < 1.29 is 38.1 Å². The summed E-state index contributed by atoms with van der Waals surface area (Å²) >= 11 is 11.9. The van der Waals surface area contributed by atoms with E-state index in [1.807, 2.05) is 0 Å². The van der Waals surface area contributed by atoms with E-state index < -0.39 is 5.97 Å². The highest BCUT2D eigenvalue weighted by atomic mass is 35.5. The molecule has 0 spiro atoms. The number of phenols is 1. The van der Waals surface area contributed by atoms with Gasteiger partial charge < -0.3 is 28.5 Å². The maximum Gasteiger partial charge on any atom is 0.305 e. The number of phenolic OH excluding ortho intramolecular Hbond substituents is 1. The summed E-state index contributed by atoms with van der Waals surface area (Å²) in [6.07, 6.45) is 7.64. The van der Waals surface area contributed by atoms with Gasteiger partial charge in [0.15, 0.2) is 11.8 Å². The number of unbranched alkanes of at least 4 members (excludes halogenated alkanes) is 2. The van der Waals surface area contributed by atoms with Crippen molar-refractivity contribution in [2.24, 2.45) is 0 Å². The summed E-state index contributed by atoms with van der Waals surface area (Å²) < 4.78 is 20.7. The number of aromatic nitrogens is 2. The summed E-state index contributed by atoms with van der Waals surface area (Å²) in [4.78, 5) is 30.1. The Morgan fingerprint density at radius 2 is 1.36 bits per heavy atom. The molecule has 0 bridgehead atoms. The molecule has 10 nitrogen and oxygen atoms in total. The zero-order chi connectivity index (χ0) is 30.5. The van der Waals surface area contributed by atoms with E-state index >= 15 is 0 Å². The highest BCUT2D eigenvalue weighted by molar-refractivity contribution is 6.31. The van der Waals surface area contributed by atoms with E-state index in [1.165, 1.54) is 19.4 Å². The number of carboxylic acids is 1. The molecule has 224 valence electrons. The summed E-state index contributed by atoms with van der Waals surface area (Å²) in [5.74, 6) is 0.917. The van der Waals surface area contributed by atoms with Gasteiger partial charge in [0, 0.05) is 46.9 Å². The molecule has 0 aliphatic heterocycles. The lowest BCUT2D eigenvalue weighted by Crippen LogP contribution is -1.99. The standard InChI is InChI=1S/C16H18ClNO4.C14H14ClNO4/c1-20-14-8-7-11(17)9-12(14)13-10-22-15(18-13)5-3-4-6-16(19)21-2;15-9-5-6-12(17)10(7-9)11-8-20-13(16-11)3-1-2-4-14(18)19/h7-10H,3-6H2,1-2H3;5-8,17H,1-4H2,(H,18,19). The minimum atomic E-state index is -0.804. The van der Waals surface area contributed by atoms with E-state index in [-0.39, 0.29) is 18.1 Å². The quantitative estimate of drug-likeness (QED) is 0.115. The van der Waals surface area contributed by atoms with Crippen LogP contribution in [0.1, 0.15) is 50.3 Å². The van der Waals surface area contributed by atoms with E-state index in [1.54, 1.807) is 43.7 Å². The second-order valence-electron chi connectivity index (χ2n) is 9.14. The second kappa shape index (κ2) is 16.4. The van der Waals surface area contributed by atoms with Crippen LogP contribution in [0.25, 0.3) is 22.5 Å². The molecule has 0 saturated carbocycles. The van der Waals surface area contributed by atoms with E-state index in [2.05, 4.69) is 14.7 Å². The molecule has 0 fully saturated rings. The SMILES string of the molecule is COC(=O)CCCCc1nc(-c2cc(Cl)ccc2OC)co1.O=C(O)CCCCc1nc(-c2cc(Cl)ccc2O)co1. The summed E-state index contributed by atoms with van der Waals surface area (Å²) in [5, 5.41) is 19.4. The normalized spacial score (nSPS) is 10.6. The molecule has 42 heavy (non-hydrogen) atoms. The number of hydrogen-bond donors (Lipinski definition) is 2. The lowest BCUT2D eigenvalue weighted by molar-refractivity contribution is -0.141. The van der Waals surface area contributed by atoms with Crippen molar-refractivity contribution >= 4 is 35.1 Å². The first-order valence-electron chi connectivity index (χ1n) is 13.2. The number of carbonyl (C=O) groups excluding carboxylic acids is 1. The van der Waals surface area contributed by atoms with Crippen LogP contribution in [0.2, 0.25) is 10.0 Å². The smallest absolute Gasteiger partial charge is 0.305 e. The Hall–Kier alpha value is -4.02. The second-order valence-corrected chi connectivity index (χ2v) is 10.0. The molecular formula is C30H32Cl2N2O8. The third-order valence-electron chi connectivity index (χ3n) is 6.06. The minimum absolute atomic E-state index is 0.0835. The topological polar surface area (TPSA) is 145 Å². The van der Waals surface area contributed by atoms with Gasteiger partial charge in [0.1, 0.15) is 35.4 Å². The molecule has 2 aromatic heterocycles. The van der Waals surface area contributed by atoms with Crippen LogP contribution < -0.4 is 4.74 Å². The molecule has 0 saturated heterocycles. The van der Waals surface area contributed by atoms with Crippen LogP contribution in [0.5, 0.6) is 11.5 Å². The number of oxazole rings is 2. The first kappa shape index (κ1) is 32.5. The number of rotatable bonds is 13. The Kier molecular flexibility index (Phi) is 12.7. The van der Waals surface area contributed by atoms with Crippen molar-refractivity contribution in [3.05, 3.63) is 70.8 Å². The first-order chi connectivity index (χ1) is 20.2. The molecule has 0 unspecified atom stereocenters. The number of carboxylic acid groups (broad SMARTS) is 1. The average molecular weight is 619 g/mol. The third kappa shape index (κ3) is 10.1. The Balaban J connectivity index is 0.000000231. The third-order valence-corrected chi connectivity index (χ3v) is 6.53. The molecule has 12 heteroatoms. The zero-order valence-corrected chi connectivity index (χ0v) is 24.8. The van der Waals surface area contributed by atoms with Gasteiger partial charge in [-0.05, 0) is 62.1 Å². The largest absolute Gasteiger partial charge is 0.507 e. The number of esters is 1. The molecule has 4 rings (SSSR count). The van der Waals surface area contributed by atoms with Gasteiger partial charge in [-0.15, -0.1) is 0 Å². The number of halogens is 2. The van der Waals surface area contributed by atoms with E-state index in [0.717, 1.165) is 18.4 Å². The van der Waals surface area contributed by atoms with E-state index in [9.17, 15) is 14.7 Å². The van der Waals surface area contributed by atoms with Crippen LogP contribution in [0.15, 0.2) is 57.8 Å². The van der Waals surface area contributed by atoms with Crippen molar-refractivity contribution in [1.29, 1.82) is 0 Å². The summed E-state index contributed by atoms with van der Waals surface area (Å²) in [7, 11) is 2.99. The van der Waals surface area contributed by atoms with Crippen LogP contribution in [0, 0.1) is 0 Å². The van der Waals surface area contributed by atoms with Gasteiger partial charge in [-0.25, -0.2) is 9.97 Å². The van der Waals surface area contributed by atoms with Crippen molar-refractivity contribution in [3.63, 3.8) is 0 Å². The lowest BCUT2D eigenvalue weighted by Gasteiger charge is -2.05. The maximum atomic E-state index is 11.0. The number of benzene rings is 2. The van der Waals surface area contributed by atoms with Gasteiger partial charge in [-0.1, -0.05) is 23.2 Å². The Bertz CT molecular complexity index is 1470. The number of carbonyl (C=O) groups is 2. The predicted octanol–water partition coefficient (Wildman–Crippen LogP) is 7.39. The van der Waals surface area contributed by atoms with Gasteiger partial charge in [-0.2, -0.15) is 0 Å². The van der Waals surface area contributed by atoms with Gasteiger partial charge in [0.25, 0.3) is 0 Å². The van der Waals surface area contributed by atoms with E-state index in [4.69, 9.17) is 41.9 Å². The van der Waals surface area contributed by atoms with Crippen LogP contribution >= 0.6 is 23.2 Å². The summed E-state index contributed by atoms with van der Waals surface area (Å²) in [6.45, 7) is 0. The maximum absolute atomic E-state index is 11.0. The Morgan fingerprint density at radius 1 is 0.810 bits per heavy atom. The molecule has 4 aromatic rings. The molecule has 0 radical (unpaired) electrons. The van der Waals surface area contributed by atoms with Gasteiger partial charge in [0.2, 0.25) is 0 Å². The molecule has 2 heterocycles. The zero-order valence-electron chi connectivity index (χ0n) is 23.3. The molecule has 0 atom stereocenters. The Morgan fingerprint density at radius 3 is 1.93 bits per heavy atom. The molecule has 0 aliphatic rings. The number of nitrogens with zero attached hydrogens (tertiary/aromatic N) is 2. The summed E-state index contributed by atoms with van der Waals surface area (Å²) in [5.41, 5.74) is 2.50. The average Bonchev–Trinajstić information content (AvgIpc) is 3.65. The lowest BCUT2D eigenvalue weighted by atomic mass is 10.1. The monoisotopic (exact) mass is 618 g/mol. The highest BCUT2D eigenvalue weighted by Gasteiger charge is 2.13. The van der Waals surface area contributed by atoms with Gasteiger partial charge >= 0.3 is 11.9 Å². The predicted molar refractivity (Wildman–Crippen MR) is 157 cm³/mol. The van der Waals surface area contributed by atoms with Crippen molar-refractivity contribution in [2.75, 3.05) is 14.2 Å². The van der Waals surface area contributed by atoms with Gasteiger partial charge in [-0.3, -0.25) is 9.59 Å². The molecule has 2 aromatic carbocycles. The fourth-order valence-corrected chi connectivity index (χ4v) is 4.24. The van der Waals surface area contributed by atoms with E-state index in [0.29, 0.717) is 76.6 Å². The van der Waals surface area contributed by atoms with Crippen molar-refractivity contribution in [3.8, 4) is 34.0 Å². The first-order valence-corrected chi connectivity index (χ1v) is 14.0. The van der Waals surface area contributed by atoms with Crippen LogP contribution in [0.3, 0.4) is 0 Å². The van der Waals surface area contributed by atoms with Crippen LogP contribution in [-0.2, 0) is 27.2 Å². The molecule has 2 N–H and O–H groups in total. The van der Waals surface area contributed by atoms with Crippen molar-refractivity contribution in [2.45, 2.75) is 51.4 Å². The number of aryl methyl sites for hydroxylation is 2.